The van der Waals surface area contributed by atoms with E-state index in [1.165, 1.54) is 70.0 Å². The number of hydrogen-bond donors (Lipinski definition) is 0. The van der Waals surface area contributed by atoms with Gasteiger partial charge in [0.2, 0.25) is 0 Å². The number of rotatable bonds is 6. The Bertz CT molecular complexity index is 3250. The Labute approximate surface area is 337 Å². The van der Waals surface area contributed by atoms with Crippen LogP contribution in [0.25, 0.3) is 66.1 Å². The van der Waals surface area contributed by atoms with Crippen LogP contribution in [0, 0.1) is 0 Å². The first kappa shape index (κ1) is 32.8. The van der Waals surface area contributed by atoms with E-state index in [1.807, 2.05) is 6.07 Å². The molecule has 12 rings (SSSR count). The van der Waals surface area contributed by atoms with Gasteiger partial charge in [0.25, 0.3) is 0 Å². The maximum absolute atomic E-state index is 6.42. The maximum atomic E-state index is 6.42. The van der Waals surface area contributed by atoms with Crippen LogP contribution in [0.15, 0.2) is 218 Å². The molecule has 0 spiro atoms. The molecule has 9 aromatic carbocycles. The van der Waals surface area contributed by atoms with Crippen LogP contribution >= 0.6 is 0 Å². The molecule has 1 aliphatic heterocycles. The van der Waals surface area contributed by atoms with Crippen LogP contribution in [0.5, 0.6) is 11.5 Å². The fraction of sp³-hybridized carbons (Fsp3) is 0. The zero-order chi connectivity index (χ0) is 38.2. The van der Waals surface area contributed by atoms with Crippen molar-refractivity contribution in [3.63, 3.8) is 0 Å². The van der Waals surface area contributed by atoms with Crippen molar-refractivity contribution in [3.05, 3.63) is 218 Å². The van der Waals surface area contributed by atoms with Crippen molar-refractivity contribution >= 4 is 72.4 Å². The molecule has 11 aromatic rings. The summed E-state index contributed by atoms with van der Waals surface area (Å²) in [7, 11) is -2.70. The summed E-state index contributed by atoms with van der Waals surface area (Å²) in [6.07, 6.45) is 0. The van der Waals surface area contributed by atoms with Gasteiger partial charge in [-0.1, -0.05) is 176 Å². The van der Waals surface area contributed by atoms with E-state index in [-0.39, 0.29) is 0 Å². The zero-order valence-electron chi connectivity index (χ0n) is 31.6. The minimum atomic E-state index is -2.70. The number of para-hydroxylation sites is 5. The SMILES string of the molecule is c1ccc([Si](c2ccccc2)(c2ccccc2)c2ccc3c(c2)c2ccccc2n3-c2ccc(-c3cccc4c5cccc6c5n(c34)-c3ccccc3O6)cc2)cc1. The second-order valence-corrected chi connectivity index (χ2v) is 19.0. The lowest BCUT2D eigenvalue weighted by Gasteiger charge is -2.34. The van der Waals surface area contributed by atoms with E-state index in [0.717, 1.165) is 28.4 Å². The zero-order valence-corrected chi connectivity index (χ0v) is 32.6. The molecule has 58 heavy (non-hydrogen) atoms. The average molecular weight is 757 g/mol. The molecule has 0 saturated heterocycles. The highest BCUT2D eigenvalue weighted by Gasteiger charge is 2.41. The van der Waals surface area contributed by atoms with E-state index in [0.29, 0.717) is 0 Å². The van der Waals surface area contributed by atoms with E-state index >= 15 is 0 Å². The van der Waals surface area contributed by atoms with Crippen LogP contribution in [0.2, 0.25) is 0 Å². The summed E-state index contributed by atoms with van der Waals surface area (Å²) >= 11 is 0. The van der Waals surface area contributed by atoms with Crippen molar-refractivity contribution in [1.29, 1.82) is 0 Å². The number of benzene rings is 9. The van der Waals surface area contributed by atoms with E-state index in [9.17, 15) is 0 Å². The second-order valence-electron chi connectivity index (χ2n) is 15.2. The molecular weight excluding hydrogens is 721 g/mol. The fourth-order valence-electron chi connectivity index (χ4n) is 9.83. The molecule has 0 radical (unpaired) electrons. The smallest absolute Gasteiger partial charge is 0.179 e. The summed E-state index contributed by atoms with van der Waals surface area (Å²) in [4.78, 5) is 0. The molecule has 3 heterocycles. The van der Waals surface area contributed by atoms with Gasteiger partial charge in [-0.15, -0.1) is 0 Å². The monoisotopic (exact) mass is 756 g/mol. The third kappa shape index (κ3) is 4.67. The van der Waals surface area contributed by atoms with Gasteiger partial charge < -0.3 is 13.9 Å². The lowest BCUT2D eigenvalue weighted by Crippen LogP contribution is -2.74. The molecule has 0 fully saturated rings. The maximum Gasteiger partial charge on any atom is 0.179 e. The van der Waals surface area contributed by atoms with Crippen molar-refractivity contribution in [3.8, 4) is 34.0 Å². The van der Waals surface area contributed by atoms with Crippen LogP contribution < -0.4 is 25.5 Å². The molecule has 4 heteroatoms. The Hall–Kier alpha value is -7.40. The highest BCUT2D eigenvalue weighted by molar-refractivity contribution is 7.20. The minimum Gasteiger partial charge on any atom is -0.453 e. The van der Waals surface area contributed by atoms with E-state index in [4.69, 9.17) is 4.74 Å². The summed E-state index contributed by atoms with van der Waals surface area (Å²) in [6, 6.07) is 80.2. The molecule has 0 saturated carbocycles. The third-order valence-corrected chi connectivity index (χ3v) is 17.0. The average Bonchev–Trinajstić information content (AvgIpc) is 3.82. The Morgan fingerprint density at radius 3 is 1.60 bits per heavy atom. The van der Waals surface area contributed by atoms with Crippen LogP contribution in [0.4, 0.5) is 0 Å². The van der Waals surface area contributed by atoms with Crippen LogP contribution in [-0.4, -0.2) is 17.2 Å². The Morgan fingerprint density at radius 1 is 0.345 bits per heavy atom. The van der Waals surface area contributed by atoms with E-state index in [1.54, 1.807) is 0 Å². The van der Waals surface area contributed by atoms with Gasteiger partial charge >= 0.3 is 0 Å². The lowest BCUT2D eigenvalue weighted by molar-refractivity contribution is 0.476. The Morgan fingerprint density at radius 2 is 0.897 bits per heavy atom. The first-order chi connectivity index (χ1) is 28.8. The fourth-order valence-corrected chi connectivity index (χ4v) is 14.6. The minimum absolute atomic E-state index is 0.871. The van der Waals surface area contributed by atoms with Gasteiger partial charge in [0, 0.05) is 32.8 Å². The topological polar surface area (TPSA) is 19.1 Å². The van der Waals surface area contributed by atoms with Gasteiger partial charge in [-0.2, -0.15) is 0 Å². The van der Waals surface area contributed by atoms with Crippen molar-refractivity contribution in [2.24, 2.45) is 0 Å². The molecule has 0 atom stereocenters. The Kier molecular flexibility index (Phi) is 7.25. The molecule has 0 aliphatic carbocycles. The summed E-state index contributed by atoms with van der Waals surface area (Å²) in [6.45, 7) is 0. The summed E-state index contributed by atoms with van der Waals surface area (Å²) < 4.78 is 11.3. The first-order valence-corrected chi connectivity index (χ1v) is 21.9. The van der Waals surface area contributed by atoms with E-state index in [2.05, 4.69) is 221 Å². The van der Waals surface area contributed by atoms with Gasteiger partial charge in [-0.3, -0.25) is 0 Å². The van der Waals surface area contributed by atoms with Crippen LogP contribution in [0.3, 0.4) is 0 Å². The number of hydrogen-bond acceptors (Lipinski definition) is 1. The number of ether oxygens (including phenoxy) is 1. The van der Waals surface area contributed by atoms with Gasteiger partial charge in [0.15, 0.2) is 19.6 Å². The Balaban J connectivity index is 1.05. The van der Waals surface area contributed by atoms with Crippen LogP contribution in [-0.2, 0) is 0 Å². The molecule has 0 N–H and O–H groups in total. The summed E-state index contributed by atoms with van der Waals surface area (Å²) in [5, 5.41) is 10.4. The third-order valence-electron chi connectivity index (χ3n) is 12.3. The van der Waals surface area contributed by atoms with Gasteiger partial charge in [-0.05, 0) is 68.8 Å². The molecule has 0 bridgehead atoms. The molecule has 3 nitrogen and oxygen atoms in total. The number of nitrogens with zero attached hydrogens (tertiary/aromatic N) is 2. The predicted molar refractivity (Wildman–Crippen MR) is 244 cm³/mol. The summed E-state index contributed by atoms with van der Waals surface area (Å²) in [5.41, 5.74) is 9.27. The van der Waals surface area contributed by atoms with Gasteiger partial charge in [0.1, 0.15) is 0 Å². The van der Waals surface area contributed by atoms with Crippen LogP contribution in [0.1, 0.15) is 0 Å². The standard InChI is InChI=1S/C54H36N2OSi/c1-4-16-39(17-5-1)58(40-18-6-2-7-19-40,41-20-8-3-9-21-41)42-34-35-49-47(36-42)44-22-10-11-26-48(44)55(49)38-32-30-37(31-33-38)43-23-14-24-45-46-25-15-29-52-54(46)56(53(43)45)50-27-12-13-28-51(50)57-52/h1-36H. The number of fused-ring (bicyclic) bond motifs is 8. The molecule has 272 valence electrons. The van der Waals surface area contributed by atoms with Crippen molar-refractivity contribution in [2.75, 3.05) is 0 Å². The van der Waals surface area contributed by atoms with Crippen molar-refractivity contribution in [1.82, 2.24) is 9.13 Å². The quantitative estimate of drug-likeness (QED) is 0.122. The van der Waals surface area contributed by atoms with Crippen molar-refractivity contribution < 1.29 is 4.74 Å². The van der Waals surface area contributed by atoms with Gasteiger partial charge in [0.05, 0.1) is 27.8 Å². The molecule has 0 amide bonds. The van der Waals surface area contributed by atoms with Crippen molar-refractivity contribution in [2.45, 2.75) is 0 Å². The summed E-state index contributed by atoms with van der Waals surface area (Å²) in [5.74, 6) is 1.76. The molecular formula is C54H36N2OSi. The number of aromatic nitrogens is 2. The highest BCUT2D eigenvalue weighted by Crippen LogP contribution is 2.47. The molecule has 1 aliphatic rings. The predicted octanol–water partition coefficient (Wildman–Crippen LogP) is 11.0. The highest BCUT2D eigenvalue weighted by atomic mass is 28.3. The lowest BCUT2D eigenvalue weighted by atomic mass is 10.0. The largest absolute Gasteiger partial charge is 0.453 e. The van der Waals surface area contributed by atoms with Gasteiger partial charge in [-0.25, -0.2) is 0 Å². The normalized spacial score (nSPS) is 12.3. The second kappa shape index (κ2) is 12.8. The molecule has 2 aromatic heterocycles. The van der Waals surface area contributed by atoms with E-state index < -0.39 is 8.07 Å². The molecule has 0 unspecified atom stereocenters. The first-order valence-electron chi connectivity index (χ1n) is 19.9.